The number of amides is 1. The molecule has 0 aliphatic carbocycles. The number of hydrogen-bond donors (Lipinski definition) is 0. The highest BCUT2D eigenvalue weighted by Gasteiger charge is 2.43. The second-order valence-corrected chi connectivity index (χ2v) is 8.84. The predicted octanol–water partition coefficient (Wildman–Crippen LogP) is 3.32. The number of nitrogens with zero attached hydrogens (tertiary/aromatic N) is 2. The Morgan fingerprint density at radius 2 is 1.88 bits per heavy atom. The van der Waals surface area contributed by atoms with Crippen LogP contribution in [0.3, 0.4) is 0 Å². The zero-order valence-corrected chi connectivity index (χ0v) is 19.2. The highest BCUT2D eigenvalue weighted by molar-refractivity contribution is 5.79. The van der Waals surface area contributed by atoms with E-state index < -0.39 is 0 Å². The second kappa shape index (κ2) is 10.5. The molecule has 6 nitrogen and oxygen atoms in total. The zero-order valence-electron chi connectivity index (χ0n) is 19.2. The van der Waals surface area contributed by atoms with Crippen LogP contribution in [0.5, 0.6) is 5.75 Å². The molecule has 0 radical (unpaired) electrons. The Hall–Kier alpha value is -2.41. The van der Waals surface area contributed by atoms with Gasteiger partial charge >= 0.3 is 0 Å². The number of hydrogen-bond acceptors (Lipinski definition) is 5. The van der Waals surface area contributed by atoms with Gasteiger partial charge in [0.15, 0.2) is 0 Å². The summed E-state index contributed by atoms with van der Waals surface area (Å²) >= 11 is 0. The van der Waals surface area contributed by atoms with Gasteiger partial charge in [-0.25, -0.2) is 0 Å². The maximum absolute atomic E-state index is 12.9. The molecule has 0 unspecified atom stereocenters. The first-order valence-corrected chi connectivity index (χ1v) is 11.5. The standard InChI is InChI=1S/C26H34N2O4/c1-30-16-15-27-19-24(22-8-4-3-5-9-22)32-26(20-27)11-13-28(14-12-26)25(29)18-21-7-6-10-23(17-21)31-2/h3-10,17,24H,11-16,18-20H2,1-2H3/t24-/m0/s1. The van der Waals surface area contributed by atoms with Crippen LogP contribution in [-0.2, 0) is 20.7 Å². The zero-order chi connectivity index (χ0) is 22.4. The van der Waals surface area contributed by atoms with Gasteiger partial charge < -0.3 is 19.1 Å². The number of carbonyl (C=O) groups is 1. The third-order valence-electron chi connectivity index (χ3n) is 6.63. The lowest BCUT2D eigenvalue weighted by molar-refractivity contribution is -0.181. The van der Waals surface area contributed by atoms with Gasteiger partial charge in [0.25, 0.3) is 0 Å². The fourth-order valence-electron chi connectivity index (χ4n) is 4.82. The molecule has 2 aromatic rings. The van der Waals surface area contributed by atoms with E-state index in [-0.39, 0.29) is 17.6 Å². The molecule has 6 heteroatoms. The van der Waals surface area contributed by atoms with Crippen molar-refractivity contribution in [2.75, 3.05) is 53.6 Å². The van der Waals surface area contributed by atoms with Crippen molar-refractivity contribution in [2.24, 2.45) is 0 Å². The minimum atomic E-state index is -0.223. The summed E-state index contributed by atoms with van der Waals surface area (Å²) in [5, 5.41) is 0. The quantitative estimate of drug-likeness (QED) is 0.664. The monoisotopic (exact) mass is 438 g/mol. The third-order valence-corrected chi connectivity index (χ3v) is 6.63. The summed E-state index contributed by atoms with van der Waals surface area (Å²) in [7, 11) is 3.39. The van der Waals surface area contributed by atoms with Crippen molar-refractivity contribution in [3.63, 3.8) is 0 Å². The summed E-state index contributed by atoms with van der Waals surface area (Å²) < 4.78 is 17.4. The molecule has 2 aliphatic rings. The van der Waals surface area contributed by atoms with Crippen molar-refractivity contribution in [1.82, 2.24) is 9.80 Å². The van der Waals surface area contributed by atoms with Gasteiger partial charge in [0.1, 0.15) is 5.75 Å². The van der Waals surface area contributed by atoms with Gasteiger partial charge in [-0.2, -0.15) is 0 Å². The molecule has 2 saturated heterocycles. The number of methoxy groups -OCH3 is 2. The van der Waals surface area contributed by atoms with Crippen LogP contribution in [0.15, 0.2) is 54.6 Å². The second-order valence-electron chi connectivity index (χ2n) is 8.84. The molecule has 172 valence electrons. The molecule has 0 bridgehead atoms. The first-order valence-electron chi connectivity index (χ1n) is 11.5. The number of rotatable bonds is 7. The lowest BCUT2D eigenvalue weighted by Crippen LogP contribution is -2.58. The lowest BCUT2D eigenvalue weighted by atomic mass is 9.87. The summed E-state index contributed by atoms with van der Waals surface area (Å²) in [5.74, 6) is 0.950. The number of carbonyl (C=O) groups excluding carboxylic acids is 1. The SMILES string of the molecule is COCCN1C[C@@H](c2ccccc2)OC2(CCN(C(=O)Cc3cccc(OC)c3)CC2)C1. The molecule has 1 atom stereocenters. The van der Waals surface area contributed by atoms with Crippen LogP contribution in [0.1, 0.15) is 30.1 Å². The number of likely N-dealkylation sites (tertiary alicyclic amines) is 1. The molecule has 2 aromatic carbocycles. The van der Waals surface area contributed by atoms with Crippen molar-refractivity contribution in [2.45, 2.75) is 31.0 Å². The highest BCUT2D eigenvalue weighted by atomic mass is 16.5. The van der Waals surface area contributed by atoms with Gasteiger partial charge in [-0.3, -0.25) is 9.69 Å². The Balaban J connectivity index is 1.40. The van der Waals surface area contributed by atoms with E-state index in [0.717, 1.165) is 56.9 Å². The van der Waals surface area contributed by atoms with E-state index in [1.165, 1.54) is 5.56 Å². The van der Waals surface area contributed by atoms with E-state index in [2.05, 4.69) is 29.2 Å². The molecule has 0 saturated carbocycles. The predicted molar refractivity (Wildman–Crippen MR) is 124 cm³/mol. The molecule has 4 rings (SSSR count). The van der Waals surface area contributed by atoms with Crippen LogP contribution in [0, 0.1) is 0 Å². The molecule has 1 amide bonds. The fraction of sp³-hybridized carbons (Fsp3) is 0.500. The Kier molecular flexibility index (Phi) is 7.45. The normalized spacial score (nSPS) is 20.9. The minimum Gasteiger partial charge on any atom is -0.497 e. The molecule has 32 heavy (non-hydrogen) atoms. The van der Waals surface area contributed by atoms with Crippen molar-refractivity contribution in [3.05, 3.63) is 65.7 Å². The molecule has 2 aliphatic heterocycles. The van der Waals surface area contributed by atoms with Gasteiger partial charge in [-0.05, 0) is 36.1 Å². The molecular formula is C26H34N2O4. The van der Waals surface area contributed by atoms with Crippen molar-refractivity contribution < 1.29 is 19.0 Å². The van der Waals surface area contributed by atoms with E-state index in [4.69, 9.17) is 14.2 Å². The van der Waals surface area contributed by atoms with E-state index >= 15 is 0 Å². The van der Waals surface area contributed by atoms with Gasteiger partial charge in [-0.15, -0.1) is 0 Å². The number of piperidine rings is 1. The van der Waals surface area contributed by atoms with E-state index in [0.29, 0.717) is 13.0 Å². The third kappa shape index (κ3) is 5.49. The minimum absolute atomic E-state index is 0.0424. The molecule has 0 N–H and O–H groups in total. The Labute approximate surface area is 191 Å². The van der Waals surface area contributed by atoms with Crippen LogP contribution in [-0.4, -0.2) is 74.9 Å². The number of benzene rings is 2. The summed E-state index contributed by atoms with van der Waals surface area (Å²) in [6, 6.07) is 18.2. The van der Waals surface area contributed by atoms with Gasteiger partial charge in [0.2, 0.25) is 5.91 Å². The largest absolute Gasteiger partial charge is 0.497 e. The summed E-state index contributed by atoms with van der Waals surface area (Å²) in [6.45, 7) is 4.81. The topological polar surface area (TPSA) is 51.2 Å². The molecular weight excluding hydrogens is 404 g/mol. The Morgan fingerprint density at radius 3 is 2.59 bits per heavy atom. The maximum atomic E-state index is 12.9. The number of ether oxygens (including phenoxy) is 3. The Bertz CT molecular complexity index is 880. The van der Waals surface area contributed by atoms with Crippen LogP contribution < -0.4 is 4.74 Å². The number of morpholine rings is 1. The van der Waals surface area contributed by atoms with Gasteiger partial charge in [0.05, 0.1) is 31.8 Å². The highest BCUT2D eigenvalue weighted by Crippen LogP contribution is 2.37. The van der Waals surface area contributed by atoms with Crippen LogP contribution in [0.4, 0.5) is 0 Å². The van der Waals surface area contributed by atoms with Crippen LogP contribution in [0.2, 0.25) is 0 Å². The average Bonchev–Trinajstić information content (AvgIpc) is 2.83. The maximum Gasteiger partial charge on any atom is 0.226 e. The van der Waals surface area contributed by atoms with Gasteiger partial charge in [0, 0.05) is 39.8 Å². The average molecular weight is 439 g/mol. The first-order chi connectivity index (χ1) is 15.6. The smallest absolute Gasteiger partial charge is 0.226 e. The van der Waals surface area contributed by atoms with E-state index in [1.807, 2.05) is 35.2 Å². The molecule has 0 aromatic heterocycles. The molecule has 1 spiro atoms. The fourth-order valence-corrected chi connectivity index (χ4v) is 4.82. The summed E-state index contributed by atoms with van der Waals surface area (Å²) in [4.78, 5) is 17.4. The lowest BCUT2D eigenvalue weighted by Gasteiger charge is -2.50. The van der Waals surface area contributed by atoms with Crippen molar-refractivity contribution in [3.8, 4) is 5.75 Å². The van der Waals surface area contributed by atoms with Crippen LogP contribution in [0.25, 0.3) is 0 Å². The summed E-state index contributed by atoms with van der Waals surface area (Å²) in [6.07, 6.45) is 2.14. The molecule has 2 heterocycles. The van der Waals surface area contributed by atoms with E-state index in [1.54, 1.807) is 14.2 Å². The van der Waals surface area contributed by atoms with Crippen molar-refractivity contribution in [1.29, 1.82) is 0 Å². The first kappa shape index (κ1) is 22.8. The Morgan fingerprint density at radius 1 is 1.09 bits per heavy atom. The molecule has 2 fully saturated rings. The summed E-state index contributed by atoms with van der Waals surface area (Å²) in [5.41, 5.74) is 1.98. The van der Waals surface area contributed by atoms with Crippen LogP contribution >= 0.6 is 0 Å². The van der Waals surface area contributed by atoms with Gasteiger partial charge in [-0.1, -0.05) is 42.5 Å². The van der Waals surface area contributed by atoms with E-state index in [9.17, 15) is 4.79 Å². The van der Waals surface area contributed by atoms with Crippen molar-refractivity contribution >= 4 is 5.91 Å².